The van der Waals surface area contributed by atoms with Crippen molar-refractivity contribution >= 4 is 35.1 Å². The number of nitrogens with two attached hydrogens (primary N) is 1. The second kappa shape index (κ2) is 6.86. The minimum absolute atomic E-state index is 0.00605. The molecule has 2 heterocycles. The highest BCUT2D eigenvalue weighted by Crippen LogP contribution is 2.27. The van der Waals surface area contributed by atoms with Crippen molar-refractivity contribution in [1.82, 2.24) is 14.9 Å². The first-order valence-electron chi connectivity index (χ1n) is 7.42. The van der Waals surface area contributed by atoms with Crippen molar-refractivity contribution in [3.8, 4) is 0 Å². The molecule has 1 aliphatic rings. The van der Waals surface area contributed by atoms with E-state index < -0.39 is 5.91 Å². The molecule has 1 atom stereocenters. The third-order valence-corrected chi connectivity index (χ3v) is 3.92. The van der Waals surface area contributed by atoms with E-state index in [1.807, 2.05) is 6.07 Å². The predicted octanol–water partition coefficient (Wildman–Crippen LogP) is 1.60. The molecular weight excluding hydrogens is 344 g/mol. The quantitative estimate of drug-likeness (QED) is 0.865. The summed E-state index contributed by atoms with van der Waals surface area (Å²) in [6.45, 7) is 0. The van der Waals surface area contributed by atoms with Gasteiger partial charge in [-0.3, -0.25) is 14.5 Å². The van der Waals surface area contributed by atoms with Crippen LogP contribution in [0, 0.1) is 0 Å². The van der Waals surface area contributed by atoms with Crippen LogP contribution < -0.4 is 11.1 Å². The van der Waals surface area contributed by atoms with E-state index in [0.29, 0.717) is 10.7 Å². The predicted molar refractivity (Wildman–Crippen MR) is 93.2 cm³/mol. The van der Waals surface area contributed by atoms with Crippen LogP contribution in [0.15, 0.2) is 41.7 Å². The summed E-state index contributed by atoms with van der Waals surface area (Å²) in [7, 11) is 1.58. The van der Waals surface area contributed by atoms with E-state index in [0.717, 1.165) is 5.56 Å². The lowest BCUT2D eigenvalue weighted by atomic mass is 10.0. The molecule has 128 valence electrons. The number of rotatable bonds is 3. The summed E-state index contributed by atoms with van der Waals surface area (Å²) >= 11 is 5.71. The average Bonchev–Trinajstić information content (AvgIpc) is 2.60. The number of carbonyl (C=O) groups is 2. The maximum Gasteiger partial charge on any atom is 0.293 e. The van der Waals surface area contributed by atoms with Gasteiger partial charge in [0.25, 0.3) is 5.91 Å². The first-order valence-corrected chi connectivity index (χ1v) is 7.80. The summed E-state index contributed by atoms with van der Waals surface area (Å²) < 4.78 is 0. The summed E-state index contributed by atoms with van der Waals surface area (Å²) in [4.78, 5) is 37.5. The van der Waals surface area contributed by atoms with Gasteiger partial charge in [0.05, 0.1) is 17.5 Å². The standard InChI is InChI=1S/C16H15ClN6O2/c1-23-13(24)6-12(22-16(23)18)9-3-2-4-11(5-9)21-15(25)14-19-7-10(17)8-20-14/h2-5,7-8,12H,6H2,1H3,(H2,18,22)(H,21,25). The molecule has 2 amide bonds. The van der Waals surface area contributed by atoms with Crippen LogP contribution in [0.3, 0.4) is 0 Å². The first-order chi connectivity index (χ1) is 11.9. The molecule has 9 heteroatoms. The molecule has 25 heavy (non-hydrogen) atoms. The lowest BCUT2D eigenvalue weighted by Crippen LogP contribution is -2.42. The van der Waals surface area contributed by atoms with E-state index in [1.165, 1.54) is 17.3 Å². The average molecular weight is 359 g/mol. The summed E-state index contributed by atoms with van der Waals surface area (Å²) in [5.41, 5.74) is 7.08. The fourth-order valence-corrected chi connectivity index (χ4v) is 2.45. The number of aliphatic imine (C=N–C) groups is 1. The zero-order valence-corrected chi connectivity index (χ0v) is 14.1. The largest absolute Gasteiger partial charge is 0.369 e. The van der Waals surface area contributed by atoms with Crippen molar-refractivity contribution in [3.05, 3.63) is 53.1 Å². The third-order valence-electron chi connectivity index (χ3n) is 3.73. The zero-order chi connectivity index (χ0) is 18.0. The van der Waals surface area contributed by atoms with Crippen LogP contribution in [0.25, 0.3) is 0 Å². The van der Waals surface area contributed by atoms with E-state index in [4.69, 9.17) is 17.3 Å². The SMILES string of the molecule is CN1C(=O)CC(c2cccc(NC(=O)c3ncc(Cl)cn3)c2)N=C1N. The molecule has 0 radical (unpaired) electrons. The molecule has 0 saturated carbocycles. The minimum Gasteiger partial charge on any atom is -0.369 e. The number of nitrogens with one attached hydrogen (secondary N) is 1. The lowest BCUT2D eigenvalue weighted by Gasteiger charge is -2.25. The van der Waals surface area contributed by atoms with Gasteiger partial charge < -0.3 is 11.1 Å². The number of hydrogen-bond donors (Lipinski definition) is 2. The number of guanidine groups is 1. The van der Waals surface area contributed by atoms with E-state index in [1.54, 1.807) is 25.2 Å². The fourth-order valence-electron chi connectivity index (χ4n) is 2.35. The van der Waals surface area contributed by atoms with Crippen LogP contribution >= 0.6 is 11.6 Å². The molecule has 0 fully saturated rings. The van der Waals surface area contributed by atoms with Gasteiger partial charge in [0.1, 0.15) is 0 Å². The highest BCUT2D eigenvalue weighted by Gasteiger charge is 2.25. The van der Waals surface area contributed by atoms with Crippen LogP contribution in [-0.2, 0) is 4.79 Å². The Hall–Kier alpha value is -3.00. The van der Waals surface area contributed by atoms with Gasteiger partial charge in [0.2, 0.25) is 11.7 Å². The molecule has 1 aromatic heterocycles. The van der Waals surface area contributed by atoms with Gasteiger partial charge in [-0.1, -0.05) is 23.7 Å². The molecular formula is C16H15ClN6O2. The van der Waals surface area contributed by atoms with E-state index >= 15 is 0 Å². The van der Waals surface area contributed by atoms with Crippen molar-refractivity contribution < 1.29 is 9.59 Å². The Labute approximate surface area is 148 Å². The smallest absolute Gasteiger partial charge is 0.293 e. The molecule has 0 saturated heterocycles. The number of aromatic nitrogens is 2. The molecule has 0 bridgehead atoms. The Morgan fingerprint density at radius 3 is 2.76 bits per heavy atom. The van der Waals surface area contributed by atoms with Crippen LogP contribution in [-0.4, -0.2) is 39.7 Å². The maximum atomic E-state index is 12.2. The number of hydrogen-bond acceptors (Lipinski definition) is 6. The van der Waals surface area contributed by atoms with Crippen LogP contribution in [0.2, 0.25) is 5.02 Å². The Bertz CT molecular complexity index is 852. The molecule has 8 nitrogen and oxygen atoms in total. The Morgan fingerprint density at radius 2 is 2.08 bits per heavy atom. The minimum atomic E-state index is -0.462. The van der Waals surface area contributed by atoms with Gasteiger partial charge in [-0.15, -0.1) is 0 Å². The molecule has 1 aliphatic heterocycles. The molecule has 3 N–H and O–H groups in total. The van der Waals surface area contributed by atoms with Crippen molar-refractivity contribution in [2.45, 2.75) is 12.5 Å². The first kappa shape index (κ1) is 16.8. The van der Waals surface area contributed by atoms with E-state index in [9.17, 15) is 9.59 Å². The summed E-state index contributed by atoms with van der Waals surface area (Å²) in [5.74, 6) is -0.394. The second-order valence-electron chi connectivity index (χ2n) is 5.46. The molecule has 2 aromatic rings. The molecule has 3 rings (SSSR count). The van der Waals surface area contributed by atoms with Crippen molar-refractivity contribution in [1.29, 1.82) is 0 Å². The zero-order valence-electron chi connectivity index (χ0n) is 13.3. The number of halogens is 1. The van der Waals surface area contributed by atoms with Crippen LogP contribution in [0.1, 0.15) is 28.6 Å². The number of benzene rings is 1. The fraction of sp³-hybridized carbons (Fsp3) is 0.188. The molecule has 1 unspecified atom stereocenters. The van der Waals surface area contributed by atoms with Gasteiger partial charge in [0.15, 0.2) is 5.96 Å². The van der Waals surface area contributed by atoms with Gasteiger partial charge in [0, 0.05) is 25.1 Å². The Balaban J connectivity index is 1.79. The van der Waals surface area contributed by atoms with Gasteiger partial charge in [-0.05, 0) is 17.7 Å². The summed E-state index contributed by atoms with van der Waals surface area (Å²) in [5, 5.41) is 3.05. The van der Waals surface area contributed by atoms with E-state index in [-0.39, 0.29) is 30.2 Å². The van der Waals surface area contributed by atoms with Crippen molar-refractivity contribution in [2.24, 2.45) is 10.7 Å². The molecule has 0 aliphatic carbocycles. The highest BCUT2D eigenvalue weighted by molar-refractivity contribution is 6.30. The lowest BCUT2D eigenvalue weighted by molar-refractivity contribution is -0.127. The van der Waals surface area contributed by atoms with Gasteiger partial charge in [-0.25, -0.2) is 15.0 Å². The third kappa shape index (κ3) is 3.74. The second-order valence-corrected chi connectivity index (χ2v) is 5.90. The number of nitrogens with zero attached hydrogens (tertiary/aromatic N) is 4. The monoisotopic (exact) mass is 358 g/mol. The summed E-state index contributed by atoms with van der Waals surface area (Å²) in [6, 6.07) is 6.68. The number of carbonyl (C=O) groups excluding carboxylic acids is 2. The van der Waals surface area contributed by atoms with Crippen molar-refractivity contribution in [2.75, 3.05) is 12.4 Å². The van der Waals surface area contributed by atoms with Crippen LogP contribution in [0.5, 0.6) is 0 Å². The Kier molecular flexibility index (Phi) is 4.62. The highest BCUT2D eigenvalue weighted by atomic mass is 35.5. The Morgan fingerprint density at radius 1 is 1.36 bits per heavy atom. The van der Waals surface area contributed by atoms with Crippen LogP contribution in [0.4, 0.5) is 5.69 Å². The van der Waals surface area contributed by atoms with Gasteiger partial charge >= 0.3 is 0 Å². The number of amides is 2. The molecule has 0 spiro atoms. The van der Waals surface area contributed by atoms with Crippen molar-refractivity contribution in [3.63, 3.8) is 0 Å². The molecule has 1 aromatic carbocycles. The maximum absolute atomic E-state index is 12.2. The summed E-state index contributed by atoms with van der Waals surface area (Å²) in [6.07, 6.45) is 2.91. The number of anilines is 1. The van der Waals surface area contributed by atoms with Gasteiger partial charge in [-0.2, -0.15) is 0 Å². The van der Waals surface area contributed by atoms with E-state index in [2.05, 4.69) is 20.3 Å². The topological polar surface area (TPSA) is 114 Å². The normalized spacial score (nSPS) is 17.2.